The van der Waals surface area contributed by atoms with Gasteiger partial charge in [0.1, 0.15) is 0 Å². The molecule has 2 aromatic rings. The molecule has 1 amide bonds. The van der Waals surface area contributed by atoms with Crippen LogP contribution in [0.25, 0.3) is 11.6 Å². The van der Waals surface area contributed by atoms with Gasteiger partial charge in [0, 0.05) is 19.4 Å². The molecule has 0 spiro atoms. The highest BCUT2D eigenvalue weighted by Gasteiger charge is 2.11. The van der Waals surface area contributed by atoms with Crippen LogP contribution in [0.1, 0.15) is 18.7 Å². The standard InChI is InChI=1S/C12H16N4O3.ClH/c13-6-2-7-14-10(17)4-5-11-15-12(16-19-11)9-3-1-8-18-9;/h1,3,8H,2,4-7,13H2,(H,14,17);1H. The fraction of sp³-hybridized carbons (Fsp3) is 0.417. The highest BCUT2D eigenvalue weighted by atomic mass is 35.5. The van der Waals surface area contributed by atoms with Gasteiger partial charge in [-0.1, -0.05) is 5.16 Å². The van der Waals surface area contributed by atoms with E-state index in [1.54, 1.807) is 12.1 Å². The number of nitrogens with one attached hydrogen (secondary N) is 1. The molecule has 110 valence electrons. The van der Waals surface area contributed by atoms with Gasteiger partial charge in [0.25, 0.3) is 0 Å². The predicted molar refractivity (Wildman–Crippen MR) is 74.3 cm³/mol. The van der Waals surface area contributed by atoms with Gasteiger partial charge in [-0.15, -0.1) is 12.4 Å². The number of hydrogen-bond donors (Lipinski definition) is 2. The summed E-state index contributed by atoms with van der Waals surface area (Å²) in [6.45, 7) is 1.16. The van der Waals surface area contributed by atoms with E-state index in [2.05, 4.69) is 15.5 Å². The van der Waals surface area contributed by atoms with Gasteiger partial charge < -0.3 is 20.0 Å². The van der Waals surface area contributed by atoms with E-state index < -0.39 is 0 Å². The van der Waals surface area contributed by atoms with E-state index >= 15 is 0 Å². The van der Waals surface area contributed by atoms with Crippen molar-refractivity contribution in [3.05, 3.63) is 24.3 Å². The zero-order valence-electron chi connectivity index (χ0n) is 10.9. The quantitative estimate of drug-likeness (QED) is 0.743. The topological polar surface area (TPSA) is 107 Å². The molecular formula is C12H17ClN4O3. The van der Waals surface area contributed by atoms with E-state index in [1.807, 2.05) is 0 Å². The molecule has 0 atom stereocenters. The fourth-order valence-corrected chi connectivity index (χ4v) is 1.50. The Labute approximate surface area is 122 Å². The Bertz CT molecular complexity index is 513. The average molecular weight is 301 g/mol. The number of nitrogens with zero attached hydrogens (tertiary/aromatic N) is 2. The fourth-order valence-electron chi connectivity index (χ4n) is 1.50. The zero-order valence-corrected chi connectivity index (χ0v) is 11.7. The third-order valence-electron chi connectivity index (χ3n) is 2.48. The molecule has 20 heavy (non-hydrogen) atoms. The van der Waals surface area contributed by atoms with Gasteiger partial charge in [-0.25, -0.2) is 0 Å². The van der Waals surface area contributed by atoms with E-state index in [0.29, 0.717) is 43.4 Å². The van der Waals surface area contributed by atoms with Gasteiger partial charge in [-0.05, 0) is 25.1 Å². The van der Waals surface area contributed by atoms with Crippen molar-refractivity contribution < 1.29 is 13.7 Å². The summed E-state index contributed by atoms with van der Waals surface area (Å²) in [5.41, 5.74) is 5.34. The number of furan rings is 1. The van der Waals surface area contributed by atoms with Crippen LogP contribution in [0.2, 0.25) is 0 Å². The van der Waals surface area contributed by atoms with Crippen molar-refractivity contribution in [2.24, 2.45) is 5.73 Å². The van der Waals surface area contributed by atoms with Crippen molar-refractivity contribution in [2.45, 2.75) is 19.3 Å². The molecule has 0 bridgehead atoms. The van der Waals surface area contributed by atoms with E-state index in [4.69, 9.17) is 14.7 Å². The van der Waals surface area contributed by atoms with Crippen LogP contribution >= 0.6 is 12.4 Å². The third-order valence-corrected chi connectivity index (χ3v) is 2.48. The molecule has 0 fully saturated rings. The van der Waals surface area contributed by atoms with Crippen LogP contribution < -0.4 is 11.1 Å². The number of carbonyl (C=O) groups excluding carboxylic acids is 1. The second kappa shape index (κ2) is 8.34. The Morgan fingerprint density at radius 2 is 2.30 bits per heavy atom. The average Bonchev–Trinajstić information content (AvgIpc) is 3.07. The summed E-state index contributed by atoms with van der Waals surface area (Å²) in [6, 6.07) is 3.49. The smallest absolute Gasteiger partial charge is 0.238 e. The molecule has 0 aliphatic rings. The normalized spacial score (nSPS) is 10.1. The first-order valence-corrected chi connectivity index (χ1v) is 6.13. The summed E-state index contributed by atoms with van der Waals surface area (Å²) in [4.78, 5) is 15.6. The molecule has 0 saturated heterocycles. The van der Waals surface area contributed by atoms with Crippen LogP contribution in [-0.4, -0.2) is 29.1 Å². The second-order valence-electron chi connectivity index (χ2n) is 3.98. The number of aryl methyl sites for hydroxylation is 1. The minimum atomic E-state index is -0.0498. The lowest BCUT2D eigenvalue weighted by atomic mass is 10.3. The summed E-state index contributed by atoms with van der Waals surface area (Å²) in [6.07, 6.45) is 3.03. The molecule has 0 radical (unpaired) electrons. The van der Waals surface area contributed by atoms with Gasteiger partial charge >= 0.3 is 0 Å². The molecule has 2 rings (SSSR count). The Morgan fingerprint density at radius 3 is 3.00 bits per heavy atom. The predicted octanol–water partition coefficient (Wildman–Crippen LogP) is 1.15. The minimum absolute atomic E-state index is 0. The van der Waals surface area contributed by atoms with Crippen molar-refractivity contribution in [1.82, 2.24) is 15.5 Å². The minimum Gasteiger partial charge on any atom is -0.461 e. The highest BCUT2D eigenvalue weighted by Crippen LogP contribution is 2.16. The van der Waals surface area contributed by atoms with Gasteiger partial charge in [0.2, 0.25) is 17.6 Å². The summed E-state index contributed by atoms with van der Waals surface area (Å²) >= 11 is 0. The monoisotopic (exact) mass is 300 g/mol. The maximum absolute atomic E-state index is 11.5. The summed E-state index contributed by atoms with van der Waals surface area (Å²) < 4.78 is 10.2. The van der Waals surface area contributed by atoms with Crippen LogP contribution in [0.5, 0.6) is 0 Å². The third kappa shape index (κ3) is 4.67. The van der Waals surface area contributed by atoms with Crippen molar-refractivity contribution in [2.75, 3.05) is 13.1 Å². The summed E-state index contributed by atoms with van der Waals surface area (Å²) in [5.74, 6) is 1.30. The number of carbonyl (C=O) groups is 1. The van der Waals surface area contributed by atoms with E-state index in [0.717, 1.165) is 6.42 Å². The van der Waals surface area contributed by atoms with Crippen molar-refractivity contribution in [3.8, 4) is 11.6 Å². The Morgan fingerprint density at radius 1 is 1.45 bits per heavy atom. The van der Waals surface area contributed by atoms with Crippen molar-refractivity contribution >= 4 is 18.3 Å². The Balaban J connectivity index is 0.00000200. The highest BCUT2D eigenvalue weighted by molar-refractivity contribution is 5.85. The number of halogens is 1. The SMILES string of the molecule is Cl.NCCCNC(=O)CCc1nc(-c2ccco2)no1. The lowest BCUT2D eigenvalue weighted by molar-refractivity contribution is -0.121. The molecule has 2 aromatic heterocycles. The number of rotatable bonds is 7. The largest absolute Gasteiger partial charge is 0.461 e. The van der Waals surface area contributed by atoms with E-state index in [1.165, 1.54) is 6.26 Å². The summed E-state index contributed by atoms with van der Waals surface area (Å²) in [7, 11) is 0. The number of hydrogen-bond acceptors (Lipinski definition) is 6. The van der Waals surface area contributed by atoms with Gasteiger partial charge in [-0.2, -0.15) is 4.98 Å². The molecule has 0 unspecified atom stereocenters. The van der Waals surface area contributed by atoms with Crippen molar-refractivity contribution in [1.29, 1.82) is 0 Å². The van der Waals surface area contributed by atoms with E-state index in [9.17, 15) is 4.79 Å². The first kappa shape index (κ1) is 16.2. The zero-order chi connectivity index (χ0) is 13.5. The van der Waals surface area contributed by atoms with Gasteiger partial charge in [-0.3, -0.25) is 4.79 Å². The number of aromatic nitrogens is 2. The van der Waals surface area contributed by atoms with Crippen LogP contribution in [0.15, 0.2) is 27.3 Å². The lowest BCUT2D eigenvalue weighted by Crippen LogP contribution is -2.26. The molecule has 2 heterocycles. The van der Waals surface area contributed by atoms with E-state index in [-0.39, 0.29) is 18.3 Å². The second-order valence-corrected chi connectivity index (χ2v) is 3.98. The summed E-state index contributed by atoms with van der Waals surface area (Å²) in [5, 5.41) is 6.54. The van der Waals surface area contributed by atoms with Gasteiger partial charge in [0.15, 0.2) is 5.76 Å². The molecule has 0 aromatic carbocycles. The maximum atomic E-state index is 11.5. The number of nitrogens with two attached hydrogens (primary N) is 1. The molecule has 8 heteroatoms. The first-order valence-electron chi connectivity index (χ1n) is 6.13. The van der Waals surface area contributed by atoms with Crippen LogP contribution in [0.4, 0.5) is 0 Å². The molecule has 3 N–H and O–H groups in total. The molecular weight excluding hydrogens is 284 g/mol. The van der Waals surface area contributed by atoms with Gasteiger partial charge in [0.05, 0.1) is 6.26 Å². The lowest BCUT2D eigenvalue weighted by Gasteiger charge is -2.01. The Hall–Kier alpha value is -1.86. The molecule has 0 aliphatic carbocycles. The van der Waals surface area contributed by atoms with Crippen LogP contribution in [0.3, 0.4) is 0 Å². The Kier molecular flexibility index (Phi) is 6.75. The maximum Gasteiger partial charge on any atom is 0.238 e. The van der Waals surface area contributed by atoms with Crippen molar-refractivity contribution in [3.63, 3.8) is 0 Å². The molecule has 0 aliphatic heterocycles. The number of amides is 1. The van der Waals surface area contributed by atoms with Crippen LogP contribution in [0, 0.1) is 0 Å². The van der Waals surface area contributed by atoms with Crippen LogP contribution in [-0.2, 0) is 11.2 Å². The molecule has 7 nitrogen and oxygen atoms in total. The first-order chi connectivity index (χ1) is 9.29. The molecule has 0 saturated carbocycles.